The SMILES string of the molecule is C=CCN(C(=O)C1N(CCCCCO)C(=O)[C@@H]2[C@H](C(=O)OCC)[C@H]3SC12CC3Br)C(C)CCC. The number of carbonyl (C=O) groups excluding carboxylic acids is 3. The molecule has 3 fully saturated rings. The van der Waals surface area contributed by atoms with Gasteiger partial charge in [0, 0.05) is 35.8 Å². The first-order valence-electron chi connectivity index (χ1n) is 12.6. The second-order valence-corrected chi connectivity index (χ2v) is 12.4. The Morgan fingerprint density at radius 1 is 1.38 bits per heavy atom. The molecule has 0 radical (unpaired) electrons. The van der Waals surface area contributed by atoms with E-state index in [0.717, 1.165) is 19.3 Å². The number of rotatable bonds is 13. The standard InChI is InChI=1S/C25H39BrN2O5S/c1-5-11-16(4)27(12-6-2)23(31)21-25-15-17(26)20(34-25)18(24(32)33-7-3)19(25)22(30)28(21)13-9-8-10-14-29/h6,16-21,29H,2,5,7-15H2,1,3-4H3/t16?,17?,18-,19-,20-,21?,25?/m0/s1. The van der Waals surface area contributed by atoms with Gasteiger partial charge in [-0.1, -0.05) is 35.4 Å². The molecule has 7 atom stereocenters. The number of amides is 2. The van der Waals surface area contributed by atoms with E-state index in [0.29, 0.717) is 32.4 Å². The Morgan fingerprint density at radius 2 is 2.12 bits per heavy atom. The summed E-state index contributed by atoms with van der Waals surface area (Å²) in [4.78, 5) is 44.8. The summed E-state index contributed by atoms with van der Waals surface area (Å²) in [5.41, 5.74) is 0. The molecule has 0 aromatic heterocycles. The van der Waals surface area contributed by atoms with Gasteiger partial charge in [-0.3, -0.25) is 14.4 Å². The van der Waals surface area contributed by atoms with Gasteiger partial charge < -0.3 is 19.6 Å². The van der Waals surface area contributed by atoms with Crippen molar-refractivity contribution in [2.24, 2.45) is 11.8 Å². The zero-order valence-electron chi connectivity index (χ0n) is 20.6. The number of esters is 1. The highest BCUT2D eigenvalue weighted by molar-refractivity contribution is 9.09. The lowest BCUT2D eigenvalue weighted by molar-refractivity contribution is -0.153. The first-order chi connectivity index (χ1) is 16.3. The van der Waals surface area contributed by atoms with E-state index in [1.165, 1.54) is 0 Å². The monoisotopic (exact) mass is 558 g/mol. The Bertz CT molecular complexity index is 782. The van der Waals surface area contributed by atoms with Crippen molar-refractivity contribution in [3.63, 3.8) is 0 Å². The Balaban J connectivity index is 2.01. The van der Waals surface area contributed by atoms with Crippen molar-refractivity contribution in [3.8, 4) is 0 Å². The summed E-state index contributed by atoms with van der Waals surface area (Å²) in [5, 5.41) is 9.09. The van der Waals surface area contributed by atoms with E-state index in [1.807, 2.05) is 4.90 Å². The van der Waals surface area contributed by atoms with Crippen molar-refractivity contribution < 1.29 is 24.2 Å². The number of hydrogen-bond acceptors (Lipinski definition) is 6. The van der Waals surface area contributed by atoms with Crippen LogP contribution in [-0.2, 0) is 19.1 Å². The van der Waals surface area contributed by atoms with Crippen molar-refractivity contribution in [1.29, 1.82) is 0 Å². The number of fused-ring (bicyclic) bond motifs is 1. The lowest BCUT2D eigenvalue weighted by atomic mass is 9.71. The second-order valence-electron chi connectivity index (χ2n) is 9.65. The molecule has 0 aliphatic carbocycles. The van der Waals surface area contributed by atoms with Gasteiger partial charge in [-0.05, 0) is 46.0 Å². The van der Waals surface area contributed by atoms with E-state index < -0.39 is 22.6 Å². The van der Waals surface area contributed by atoms with Gasteiger partial charge in [-0.25, -0.2) is 0 Å². The van der Waals surface area contributed by atoms with Crippen LogP contribution in [0.3, 0.4) is 0 Å². The quantitative estimate of drug-likeness (QED) is 0.161. The number of aliphatic hydroxyl groups excluding tert-OH is 1. The fourth-order valence-corrected chi connectivity index (χ4v) is 9.68. The average molecular weight is 560 g/mol. The molecule has 0 saturated carbocycles. The smallest absolute Gasteiger partial charge is 0.310 e. The van der Waals surface area contributed by atoms with E-state index in [9.17, 15) is 19.5 Å². The van der Waals surface area contributed by atoms with Crippen LogP contribution < -0.4 is 0 Å². The predicted molar refractivity (Wildman–Crippen MR) is 138 cm³/mol. The molecule has 3 rings (SSSR count). The Kier molecular flexibility index (Phi) is 9.54. The number of thioether (sulfide) groups is 1. The van der Waals surface area contributed by atoms with Crippen LogP contribution in [0.4, 0.5) is 0 Å². The lowest BCUT2D eigenvalue weighted by Gasteiger charge is -2.39. The number of likely N-dealkylation sites (tertiary alicyclic amines) is 1. The van der Waals surface area contributed by atoms with Gasteiger partial charge in [0.25, 0.3) is 0 Å². The van der Waals surface area contributed by atoms with Gasteiger partial charge in [-0.15, -0.1) is 18.3 Å². The number of hydrogen-bond donors (Lipinski definition) is 1. The van der Waals surface area contributed by atoms with Gasteiger partial charge in [0.15, 0.2) is 0 Å². The molecule has 192 valence electrons. The molecule has 3 aliphatic heterocycles. The van der Waals surface area contributed by atoms with E-state index in [-0.39, 0.29) is 47.1 Å². The van der Waals surface area contributed by atoms with Crippen molar-refractivity contribution in [1.82, 2.24) is 9.80 Å². The molecule has 2 amide bonds. The van der Waals surface area contributed by atoms with Crippen LogP contribution in [0.1, 0.15) is 59.3 Å². The molecule has 4 unspecified atom stereocenters. The van der Waals surface area contributed by atoms with Crippen LogP contribution in [0, 0.1) is 11.8 Å². The van der Waals surface area contributed by atoms with E-state index in [4.69, 9.17) is 4.74 Å². The third kappa shape index (κ3) is 4.81. The maximum Gasteiger partial charge on any atom is 0.310 e. The van der Waals surface area contributed by atoms with Crippen LogP contribution in [0.2, 0.25) is 0 Å². The molecule has 0 aromatic rings. The highest BCUT2D eigenvalue weighted by atomic mass is 79.9. The summed E-state index contributed by atoms with van der Waals surface area (Å²) in [6, 6.07) is -0.589. The molecule has 1 N–H and O–H groups in total. The molecule has 34 heavy (non-hydrogen) atoms. The van der Waals surface area contributed by atoms with Gasteiger partial charge in [0.1, 0.15) is 6.04 Å². The highest BCUT2D eigenvalue weighted by Gasteiger charge is 2.76. The first-order valence-corrected chi connectivity index (χ1v) is 14.4. The van der Waals surface area contributed by atoms with Crippen LogP contribution in [0.15, 0.2) is 12.7 Å². The number of halogens is 1. The predicted octanol–water partition coefficient (Wildman–Crippen LogP) is 3.38. The van der Waals surface area contributed by atoms with E-state index in [2.05, 4.69) is 36.4 Å². The minimum Gasteiger partial charge on any atom is -0.466 e. The minimum absolute atomic E-state index is 0.0292. The first kappa shape index (κ1) is 27.5. The summed E-state index contributed by atoms with van der Waals surface area (Å²) >= 11 is 5.42. The van der Waals surface area contributed by atoms with Crippen molar-refractivity contribution in [2.75, 3.05) is 26.3 Å². The third-order valence-corrected chi connectivity index (χ3v) is 10.7. The van der Waals surface area contributed by atoms with Gasteiger partial charge >= 0.3 is 5.97 Å². The number of alkyl halides is 1. The largest absolute Gasteiger partial charge is 0.466 e. The minimum atomic E-state index is -0.646. The number of carbonyl (C=O) groups is 3. The number of aliphatic hydroxyl groups is 1. The molecule has 3 heterocycles. The highest BCUT2D eigenvalue weighted by Crippen LogP contribution is 2.68. The average Bonchev–Trinajstić information content (AvgIpc) is 3.38. The molecule has 0 aromatic carbocycles. The van der Waals surface area contributed by atoms with Gasteiger partial charge in [0.2, 0.25) is 11.8 Å². The fourth-order valence-electron chi connectivity index (χ4n) is 6.08. The summed E-state index contributed by atoms with van der Waals surface area (Å²) in [6.07, 6.45) is 6.39. The topological polar surface area (TPSA) is 87.2 Å². The Morgan fingerprint density at radius 3 is 2.74 bits per heavy atom. The maximum absolute atomic E-state index is 14.2. The molecule has 1 spiro atoms. The molecule has 9 heteroatoms. The Hall–Kier alpha value is -1.06. The zero-order valence-corrected chi connectivity index (χ0v) is 23.0. The van der Waals surface area contributed by atoms with Crippen LogP contribution >= 0.6 is 27.7 Å². The van der Waals surface area contributed by atoms with Crippen molar-refractivity contribution in [2.45, 2.75) is 86.2 Å². The summed E-state index contributed by atoms with van der Waals surface area (Å²) < 4.78 is 4.75. The molecule has 7 nitrogen and oxygen atoms in total. The Labute approximate surface area is 216 Å². The van der Waals surface area contributed by atoms with Crippen LogP contribution in [0.5, 0.6) is 0 Å². The molecular weight excluding hydrogens is 520 g/mol. The number of nitrogens with zero attached hydrogens (tertiary/aromatic N) is 2. The lowest BCUT2D eigenvalue weighted by Crippen LogP contribution is -2.57. The number of unbranched alkanes of at least 4 members (excludes halogenated alkanes) is 2. The summed E-state index contributed by atoms with van der Waals surface area (Å²) in [6.45, 7) is 11.0. The molecular formula is C25H39BrN2O5S. The molecule has 3 saturated heterocycles. The molecule has 2 bridgehead atoms. The second kappa shape index (κ2) is 11.8. The van der Waals surface area contributed by atoms with Gasteiger partial charge in [0.05, 0.1) is 23.2 Å². The molecule has 3 aliphatic rings. The van der Waals surface area contributed by atoms with Crippen molar-refractivity contribution >= 4 is 45.5 Å². The summed E-state index contributed by atoms with van der Waals surface area (Å²) in [7, 11) is 0. The summed E-state index contributed by atoms with van der Waals surface area (Å²) in [5.74, 6) is -1.57. The van der Waals surface area contributed by atoms with Crippen LogP contribution in [-0.4, -0.2) is 85.9 Å². The normalized spacial score (nSPS) is 32.6. The van der Waals surface area contributed by atoms with Crippen molar-refractivity contribution in [3.05, 3.63) is 12.7 Å². The van der Waals surface area contributed by atoms with E-state index >= 15 is 0 Å². The van der Waals surface area contributed by atoms with Crippen LogP contribution in [0.25, 0.3) is 0 Å². The van der Waals surface area contributed by atoms with E-state index in [1.54, 1.807) is 29.7 Å². The maximum atomic E-state index is 14.2. The zero-order chi connectivity index (χ0) is 25.0. The third-order valence-electron chi connectivity index (χ3n) is 7.49. The van der Waals surface area contributed by atoms with Gasteiger partial charge in [-0.2, -0.15) is 0 Å². The number of ether oxygens (including phenoxy) is 1. The fraction of sp³-hybridized carbons (Fsp3) is 0.800.